The Hall–Kier alpha value is 0.515. The second-order valence-corrected chi connectivity index (χ2v) is 7.31. The fraction of sp³-hybridized carbons (Fsp3) is 1.00. The summed E-state index contributed by atoms with van der Waals surface area (Å²) in [5.74, 6) is 0. The van der Waals surface area contributed by atoms with E-state index in [1.807, 2.05) is 0 Å². The van der Waals surface area contributed by atoms with E-state index >= 15 is 0 Å². The third-order valence-electron chi connectivity index (χ3n) is 2.02. The van der Waals surface area contributed by atoms with Crippen LogP contribution in [-0.2, 0) is 25.8 Å². The first-order valence-corrected chi connectivity index (χ1v) is 7.54. The molecule has 8 heteroatoms. The van der Waals surface area contributed by atoms with E-state index in [1.165, 1.54) is 13.8 Å². The van der Waals surface area contributed by atoms with E-state index in [-0.39, 0.29) is 6.61 Å². The van der Waals surface area contributed by atoms with Gasteiger partial charge in [-0.05, 0) is 11.8 Å². The first-order valence-electron chi connectivity index (χ1n) is 4.42. The number of methoxy groups -OCH3 is 1. The summed E-state index contributed by atoms with van der Waals surface area (Å²) in [7, 11) is 6.99. The van der Waals surface area contributed by atoms with Crippen molar-refractivity contribution in [3.63, 3.8) is 0 Å². The van der Waals surface area contributed by atoms with Gasteiger partial charge in [0.15, 0.2) is 6.49 Å². The molecule has 1 fully saturated rings. The van der Waals surface area contributed by atoms with Gasteiger partial charge in [-0.2, -0.15) is 0 Å². The van der Waals surface area contributed by atoms with Crippen molar-refractivity contribution in [2.75, 3.05) is 20.4 Å². The second kappa shape index (κ2) is 5.23. The van der Waals surface area contributed by atoms with Crippen LogP contribution in [0.4, 0.5) is 0 Å². The molecule has 0 bridgehead atoms. The minimum absolute atomic E-state index is 0.227. The molecule has 2 radical (unpaired) electrons. The van der Waals surface area contributed by atoms with Crippen LogP contribution < -0.4 is 0 Å². The summed E-state index contributed by atoms with van der Waals surface area (Å²) in [5.41, 5.74) is 0. The maximum absolute atomic E-state index is 9.65. The number of hydrogen-bond acceptors (Lipinski definition) is 5. The Morgan fingerprint density at radius 1 is 1.60 bits per heavy atom. The van der Waals surface area contributed by atoms with E-state index in [0.717, 1.165) is 0 Å². The third kappa shape index (κ3) is 3.78. The molecule has 2 N–H and O–H groups in total. The highest BCUT2D eigenvalue weighted by Gasteiger charge is 2.43. The van der Waals surface area contributed by atoms with Crippen molar-refractivity contribution < 1.29 is 24.0 Å². The van der Waals surface area contributed by atoms with Crippen LogP contribution >= 0.6 is 6.49 Å². The first-order chi connectivity index (χ1) is 6.85. The molecule has 0 spiro atoms. The molecule has 1 saturated heterocycles. The SMILES string of the molecule is [B][C@@H]1O[C@H](COC)C(OP(C)(O)=S)[C@@H]1O. The Bertz CT molecular complexity index is 260. The van der Waals surface area contributed by atoms with Gasteiger partial charge in [0.05, 0.1) is 6.61 Å². The van der Waals surface area contributed by atoms with Crippen molar-refractivity contribution in [1.29, 1.82) is 0 Å². The molecule has 0 amide bonds. The van der Waals surface area contributed by atoms with Gasteiger partial charge in [-0.15, -0.1) is 0 Å². The van der Waals surface area contributed by atoms with Gasteiger partial charge < -0.3 is 24.0 Å². The zero-order valence-electron chi connectivity index (χ0n) is 8.57. The Balaban J connectivity index is 2.68. The largest absolute Gasteiger partial charge is 0.388 e. The molecule has 1 heterocycles. The van der Waals surface area contributed by atoms with Gasteiger partial charge in [-0.1, -0.05) is 0 Å². The molecule has 0 aromatic rings. The van der Waals surface area contributed by atoms with Crippen molar-refractivity contribution in [2.24, 2.45) is 0 Å². The Labute approximate surface area is 95.3 Å². The van der Waals surface area contributed by atoms with Gasteiger partial charge in [0.25, 0.3) is 0 Å². The van der Waals surface area contributed by atoms with Gasteiger partial charge in [0, 0.05) is 19.8 Å². The zero-order valence-corrected chi connectivity index (χ0v) is 10.3. The fourth-order valence-corrected chi connectivity index (χ4v) is 2.43. The lowest BCUT2D eigenvalue weighted by Crippen LogP contribution is -2.36. The summed E-state index contributed by atoms with van der Waals surface area (Å²) in [6.45, 7) is -1.23. The van der Waals surface area contributed by atoms with Crippen LogP contribution in [0.15, 0.2) is 0 Å². The summed E-state index contributed by atoms with van der Waals surface area (Å²) in [6.07, 6.45) is -2.24. The zero-order chi connectivity index (χ0) is 11.6. The van der Waals surface area contributed by atoms with E-state index < -0.39 is 30.8 Å². The fourth-order valence-electron chi connectivity index (χ4n) is 1.42. The first kappa shape index (κ1) is 13.6. The highest BCUT2D eigenvalue weighted by molar-refractivity contribution is 8.09. The molecule has 15 heavy (non-hydrogen) atoms. The monoisotopic (exact) mass is 252 g/mol. The van der Waals surface area contributed by atoms with Gasteiger partial charge in [0.1, 0.15) is 26.2 Å². The van der Waals surface area contributed by atoms with Crippen LogP contribution in [0.25, 0.3) is 0 Å². The average molecular weight is 252 g/mol. The highest BCUT2D eigenvalue weighted by Crippen LogP contribution is 2.42. The lowest BCUT2D eigenvalue weighted by atomic mass is 9.93. The van der Waals surface area contributed by atoms with Gasteiger partial charge >= 0.3 is 0 Å². The molecular weight excluding hydrogens is 238 g/mol. The minimum atomic E-state index is -2.86. The van der Waals surface area contributed by atoms with Crippen molar-refractivity contribution in [3.8, 4) is 0 Å². The van der Waals surface area contributed by atoms with E-state index in [0.29, 0.717) is 0 Å². The highest BCUT2D eigenvalue weighted by atomic mass is 32.5. The molecular formula is C7H14BO5PS. The minimum Gasteiger partial charge on any atom is -0.388 e. The summed E-state index contributed by atoms with van der Waals surface area (Å²) in [4.78, 5) is 9.42. The Kier molecular flexibility index (Phi) is 4.73. The molecule has 0 aliphatic carbocycles. The normalized spacial score (nSPS) is 40.3. The van der Waals surface area contributed by atoms with Gasteiger partial charge in [-0.3, -0.25) is 0 Å². The quantitative estimate of drug-likeness (QED) is 0.504. The number of aliphatic hydroxyl groups is 1. The van der Waals surface area contributed by atoms with Crippen molar-refractivity contribution in [2.45, 2.75) is 24.3 Å². The van der Waals surface area contributed by atoms with Crippen molar-refractivity contribution in [1.82, 2.24) is 0 Å². The van der Waals surface area contributed by atoms with E-state index in [1.54, 1.807) is 0 Å². The lowest BCUT2D eigenvalue weighted by Gasteiger charge is -2.23. The second-order valence-electron chi connectivity index (χ2n) is 3.46. The van der Waals surface area contributed by atoms with Crippen LogP contribution in [0, 0.1) is 0 Å². The summed E-state index contributed by atoms with van der Waals surface area (Å²) in [5, 5.41) is 9.65. The van der Waals surface area contributed by atoms with Crippen LogP contribution in [-0.4, -0.2) is 62.5 Å². The molecule has 1 aliphatic rings. The maximum atomic E-state index is 9.65. The lowest BCUT2D eigenvalue weighted by molar-refractivity contribution is -0.0113. The molecule has 2 unspecified atom stereocenters. The van der Waals surface area contributed by atoms with Crippen LogP contribution in [0.1, 0.15) is 0 Å². The van der Waals surface area contributed by atoms with Crippen molar-refractivity contribution in [3.05, 3.63) is 0 Å². The van der Waals surface area contributed by atoms with Gasteiger partial charge in [0.2, 0.25) is 0 Å². The molecule has 0 saturated carbocycles. The Morgan fingerprint density at radius 3 is 2.67 bits per heavy atom. The summed E-state index contributed by atoms with van der Waals surface area (Å²) < 4.78 is 15.3. The van der Waals surface area contributed by atoms with Crippen LogP contribution in [0.5, 0.6) is 0 Å². The number of hydrogen-bond donors (Lipinski definition) is 2. The van der Waals surface area contributed by atoms with E-state index in [2.05, 4.69) is 0 Å². The number of aliphatic hydroxyl groups excluding tert-OH is 1. The molecule has 86 valence electrons. The molecule has 0 aromatic heterocycles. The molecule has 0 aromatic carbocycles. The third-order valence-corrected chi connectivity index (χ3v) is 2.91. The van der Waals surface area contributed by atoms with Gasteiger partial charge in [-0.25, -0.2) is 0 Å². The van der Waals surface area contributed by atoms with Crippen LogP contribution in [0.2, 0.25) is 0 Å². The molecule has 1 rings (SSSR count). The topological polar surface area (TPSA) is 68.2 Å². The average Bonchev–Trinajstić information content (AvgIpc) is 2.32. The number of rotatable bonds is 4. The van der Waals surface area contributed by atoms with E-state index in [4.69, 9.17) is 33.7 Å². The molecule has 5 nitrogen and oxygen atoms in total. The summed E-state index contributed by atoms with van der Waals surface area (Å²) in [6, 6.07) is -0.836. The summed E-state index contributed by atoms with van der Waals surface area (Å²) >= 11 is 4.75. The van der Waals surface area contributed by atoms with Crippen LogP contribution in [0.3, 0.4) is 0 Å². The number of ether oxygens (including phenoxy) is 2. The van der Waals surface area contributed by atoms with Crippen molar-refractivity contribution >= 4 is 26.1 Å². The molecule has 1 aliphatic heterocycles. The van der Waals surface area contributed by atoms with E-state index in [9.17, 15) is 10.00 Å². The predicted octanol–water partition coefficient (Wildman–Crippen LogP) is -0.796. The molecule has 5 atom stereocenters. The standard InChI is InChI=1S/C7H14BO5PS/c1-11-3-4-6(13-14(2,10)15)5(9)7(8)12-4/h4-7,9H,3H2,1-2H3,(H,10,15)/t4-,5+,6?,7-,14?/m1/s1. The maximum Gasteiger partial charge on any atom is 0.183 e. The predicted molar refractivity (Wildman–Crippen MR) is 59.6 cm³/mol. The Morgan fingerprint density at radius 2 is 2.20 bits per heavy atom. The smallest absolute Gasteiger partial charge is 0.183 e.